The number of nitrogens with one attached hydrogen (secondary N) is 1. The molecule has 4 atom stereocenters. The van der Waals surface area contributed by atoms with Crippen molar-refractivity contribution in [3.8, 4) is 28.6 Å². The van der Waals surface area contributed by atoms with Gasteiger partial charge in [-0.25, -0.2) is 9.48 Å². The van der Waals surface area contributed by atoms with Crippen LogP contribution in [0, 0.1) is 0 Å². The van der Waals surface area contributed by atoms with E-state index >= 15 is 0 Å². The van der Waals surface area contributed by atoms with Crippen molar-refractivity contribution in [1.82, 2.24) is 20.2 Å². The SMILES string of the molecule is COc1ccc(NC(=O)OC2COC3C2OCC3n2nnnc2-c2ccc3c(c2)OCCO3)cc1. The number of hydrogen-bond donors (Lipinski definition) is 1. The number of amides is 1. The first-order chi connectivity index (χ1) is 17.2. The van der Waals surface area contributed by atoms with Gasteiger partial charge in [0, 0.05) is 11.3 Å². The quantitative estimate of drug-likeness (QED) is 0.578. The topological polar surface area (TPSA) is 128 Å². The Hall–Kier alpha value is -3.90. The molecule has 6 rings (SSSR count). The lowest BCUT2D eigenvalue weighted by Crippen LogP contribution is -2.35. The van der Waals surface area contributed by atoms with Crippen LogP contribution < -0.4 is 19.5 Å². The number of nitrogens with zero attached hydrogens (tertiary/aromatic N) is 4. The second kappa shape index (κ2) is 9.04. The van der Waals surface area contributed by atoms with E-state index in [0.717, 1.165) is 5.56 Å². The van der Waals surface area contributed by atoms with E-state index in [1.807, 2.05) is 18.2 Å². The number of hydrogen-bond acceptors (Lipinski definition) is 10. The number of fused-ring (bicyclic) bond motifs is 2. The summed E-state index contributed by atoms with van der Waals surface area (Å²) in [7, 11) is 1.58. The van der Waals surface area contributed by atoms with Crippen LogP contribution in [0.5, 0.6) is 17.2 Å². The molecule has 0 aliphatic carbocycles. The lowest BCUT2D eigenvalue weighted by atomic mass is 10.1. The molecule has 0 bridgehead atoms. The maximum absolute atomic E-state index is 12.4. The van der Waals surface area contributed by atoms with Crippen molar-refractivity contribution in [3.63, 3.8) is 0 Å². The molecule has 3 aromatic rings. The zero-order valence-corrected chi connectivity index (χ0v) is 18.8. The minimum atomic E-state index is -0.587. The second-order valence-electron chi connectivity index (χ2n) is 8.27. The van der Waals surface area contributed by atoms with E-state index in [-0.39, 0.29) is 18.8 Å². The Kier molecular flexibility index (Phi) is 5.58. The summed E-state index contributed by atoms with van der Waals surface area (Å²) in [6.45, 7) is 1.54. The molecule has 0 saturated carbocycles. The molecule has 1 amide bonds. The Bertz CT molecular complexity index is 1220. The van der Waals surface area contributed by atoms with Gasteiger partial charge < -0.3 is 28.4 Å². The highest BCUT2D eigenvalue weighted by Crippen LogP contribution is 2.38. The van der Waals surface area contributed by atoms with Gasteiger partial charge in [-0.1, -0.05) is 0 Å². The summed E-state index contributed by atoms with van der Waals surface area (Å²) in [5, 5.41) is 15.0. The molecule has 1 aromatic heterocycles. The number of anilines is 1. The van der Waals surface area contributed by atoms with E-state index in [1.165, 1.54) is 0 Å². The van der Waals surface area contributed by atoms with Crippen LogP contribution in [0.25, 0.3) is 11.4 Å². The van der Waals surface area contributed by atoms with Crippen molar-refractivity contribution in [2.45, 2.75) is 24.4 Å². The van der Waals surface area contributed by atoms with Crippen molar-refractivity contribution in [1.29, 1.82) is 0 Å². The summed E-state index contributed by atoms with van der Waals surface area (Å²) in [5.74, 6) is 2.59. The van der Waals surface area contributed by atoms with Crippen molar-refractivity contribution >= 4 is 11.8 Å². The highest BCUT2D eigenvalue weighted by Gasteiger charge is 2.51. The number of aromatic nitrogens is 4. The molecule has 1 N–H and O–H groups in total. The molecule has 35 heavy (non-hydrogen) atoms. The maximum Gasteiger partial charge on any atom is 0.412 e. The van der Waals surface area contributed by atoms with Gasteiger partial charge in [0.2, 0.25) is 0 Å². The van der Waals surface area contributed by atoms with Crippen LogP contribution in [0.15, 0.2) is 42.5 Å². The molecule has 0 spiro atoms. The van der Waals surface area contributed by atoms with Gasteiger partial charge in [0.25, 0.3) is 0 Å². The fourth-order valence-electron chi connectivity index (χ4n) is 4.50. The molecule has 3 aliphatic heterocycles. The Balaban J connectivity index is 1.13. The van der Waals surface area contributed by atoms with E-state index in [1.54, 1.807) is 36.1 Å². The Morgan fingerprint density at radius 3 is 2.66 bits per heavy atom. The van der Waals surface area contributed by atoms with Crippen molar-refractivity contribution < 1.29 is 33.2 Å². The summed E-state index contributed by atoms with van der Waals surface area (Å²) >= 11 is 0. The summed E-state index contributed by atoms with van der Waals surface area (Å²) in [6, 6.07) is 12.3. The summed E-state index contributed by atoms with van der Waals surface area (Å²) in [5.41, 5.74) is 1.38. The third kappa shape index (κ3) is 4.10. The van der Waals surface area contributed by atoms with Gasteiger partial charge in [0.05, 0.1) is 20.3 Å². The average Bonchev–Trinajstić information content (AvgIpc) is 3.62. The van der Waals surface area contributed by atoms with E-state index in [4.69, 9.17) is 28.4 Å². The zero-order valence-electron chi connectivity index (χ0n) is 18.8. The standard InChI is InChI=1S/C23H23N5O7/c1-30-15-5-3-14(4-6-15)24-23(29)35-19-12-34-20-16(11-33-21(19)20)28-22(25-26-27-28)13-2-7-17-18(10-13)32-9-8-31-17/h2-7,10,16,19-21H,8-9,11-12H2,1H3,(H,24,29). The van der Waals surface area contributed by atoms with E-state index in [2.05, 4.69) is 20.8 Å². The van der Waals surface area contributed by atoms with Crippen LogP contribution >= 0.6 is 0 Å². The number of benzene rings is 2. The van der Waals surface area contributed by atoms with Gasteiger partial charge in [-0.3, -0.25) is 5.32 Å². The maximum atomic E-state index is 12.4. The normalized spacial score (nSPS) is 24.6. The fourth-order valence-corrected chi connectivity index (χ4v) is 4.50. The van der Waals surface area contributed by atoms with Crippen LogP contribution in [0.3, 0.4) is 0 Å². The van der Waals surface area contributed by atoms with Crippen molar-refractivity contribution in [2.75, 3.05) is 38.9 Å². The first-order valence-electron chi connectivity index (χ1n) is 11.2. The molecule has 12 heteroatoms. The van der Waals surface area contributed by atoms with Gasteiger partial charge in [0.15, 0.2) is 23.4 Å². The monoisotopic (exact) mass is 481 g/mol. The Labute approximate surface area is 200 Å². The predicted octanol–water partition coefficient (Wildman–Crippen LogP) is 2.08. The van der Waals surface area contributed by atoms with Crippen LogP contribution in [-0.2, 0) is 14.2 Å². The predicted molar refractivity (Wildman–Crippen MR) is 120 cm³/mol. The number of ether oxygens (including phenoxy) is 6. The largest absolute Gasteiger partial charge is 0.497 e. The van der Waals surface area contributed by atoms with Crippen LogP contribution in [0.1, 0.15) is 6.04 Å². The number of carbonyl (C=O) groups excluding carboxylic acids is 1. The van der Waals surface area contributed by atoms with E-state index in [9.17, 15) is 4.79 Å². The molecular weight excluding hydrogens is 458 g/mol. The lowest BCUT2D eigenvalue weighted by molar-refractivity contribution is 0.00774. The van der Waals surface area contributed by atoms with Gasteiger partial charge >= 0.3 is 6.09 Å². The van der Waals surface area contributed by atoms with Crippen molar-refractivity contribution in [2.24, 2.45) is 0 Å². The minimum absolute atomic E-state index is 0.212. The molecule has 2 fully saturated rings. The molecule has 4 unspecified atom stereocenters. The summed E-state index contributed by atoms with van der Waals surface area (Å²) < 4.78 is 35.7. The van der Waals surface area contributed by atoms with Crippen molar-refractivity contribution in [3.05, 3.63) is 42.5 Å². The number of carbonyl (C=O) groups is 1. The minimum Gasteiger partial charge on any atom is -0.497 e. The first kappa shape index (κ1) is 21.6. The first-order valence-corrected chi connectivity index (χ1v) is 11.2. The van der Waals surface area contributed by atoms with Gasteiger partial charge in [-0.15, -0.1) is 5.10 Å². The molecule has 4 heterocycles. The fraction of sp³-hybridized carbons (Fsp3) is 0.391. The Morgan fingerprint density at radius 1 is 1.03 bits per heavy atom. The molecule has 2 saturated heterocycles. The van der Waals surface area contributed by atoms with Crippen LogP contribution in [0.2, 0.25) is 0 Å². The van der Waals surface area contributed by atoms with Crippen LogP contribution in [-0.4, -0.2) is 78.1 Å². The van der Waals surface area contributed by atoms with E-state index < -0.39 is 18.3 Å². The molecular formula is C23H23N5O7. The molecule has 2 aromatic carbocycles. The number of rotatable bonds is 5. The highest BCUT2D eigenvalue weighted by atomic mass is 16.6. The molecule has 3 aliphatic rings. The summed E-state index contributed by atoms with van der Waals surface area (Å²) in [4.78, 5) is 12.4. The number of methoxy groups -OCH3 is 1. The number of tetrazole rings is 1. The van der Waals surface area contributed by atoms with E-state index in [0.29, 0.717) is 48.6 Å². The molecule has 182 valence electrons. The summed E-state index contributed by atoms with van der Waals surface area (Å²) in [6.07, 6.45) is -1.94. The highest BCUT2D eigenvalue weighted by molar-refractivity contribution is 5.84. The van der Waals surface area contributed by atoms with Crippen LogP contribution in [0.4, 0.5) is 10.5 Å². The molecule has 0 radical (unpaired) electrons. The smallest absolute Gasteiger partial charge is 0.412 e. The van der Waals surface area contributed by atoms with Gasteiger partial charge in [0.1, 0.15) is 37.2 Å². The van der Waals surface area contributed by atoms with Gasteiger partial charge in [-0.2, -0.15) is 0 Å². The van der Waals surface area contributed by atoms with Gasteiger partial charge in [-0.05, 0) is 52.9 Å². The zero-order chi connectivity index (χ0) is 23.8. The second-order valence-corrected chi connectivity index (χ2v) is 8.27. The third-order valence-corrected chi connectivity index (χ3v) is 6.18. The average molecular weight is 481 g/mol. The third-order valence-electron chi connectivity index (χ3n) is 6.18. The lowest BCUT2D eigenvalue weighted by Gasteiger charge is -2.20. The Morgan fingerprint density at radius 2 is 1.83 bits per heavy atom. The molecule has 12 nitrogen and oxygen atoms in total.